The number of fused-ring (bicyclic) bond motifs is 1. The number of hydrogen-bond donors (Lipinski definition) is 1. The first kappa shape index (κ1) is 16.7. The van der Waals surface area contributed by atoms with Crippen molar-refractivity contribution < 1.29 is 13.6 Å². The number of rotatable bonds is 2. The summed E-state index contributed by atoms with van der Waals surface area (Å²) in [5, 5.41) is 7.76. The molecule has 0 aliphatic carbocycles. The van der Waals surface area contributed by atoms with Crippen LogP contribution in [0.15, 0.2) is 42.6 Å². The van der Waals surface area contributed by atoms with Crippen LogP contribution in [0.25, 0.3) is 5.69 Å². The van der Waals surface area contributed by atoms with Crippen LogP contribution >= 0.6 is 11.6 Å². The second-order valence-corrected chi connectivity index (χ2v) is 6.62. The largest absolute Gasteiger partial charge is 0.310 e. The number of halogens is 3. The molecule has 0 spiro atoms. The van der Waals surface area contributed by atoms with E-state index < -0.39 is 17.6 Å². The lowest BCUT2D eigenvalue weighted by Gasteiger charge is -2.24. The highest BCUT2D eigenvalue weighted by molar-refractivity contribution is 6.31. The maximum Gasteiger partial charge on any atom is 0.226 e. The Hall–Kier alpha value is -2.73. The highest BCUT2D eigenvalue weighted by atomic mass is 35.5. The fraction of sp³-hybridized carbons (Fsp3) is 0.158. The zero-order valence-corrected chi connectivity index (χ0v) is 14.5. The molecule has 1 aliphatic heterocycles. The normalized spacial score (nSPS) is 16.3. The van der Waals surface area contributed by atoms with E-state index in [0.29, 0.717) is 16.4 Å². The summed E-state index contributed by atoms with van der Waals surface area (Å²) in [6.07, 6.45) is 1.67. The summed E-state index contributed by atoms with van der Waals surface area (Å²) in [5.74, 6) is -1.65. The number of nitrogens with zero attached hydrogens (tertiary/aromatic N) is 2. The molecule has 1 atom stereocenters. The van der Waals surface area contributed by atoms with E-state index in [1.807, 2.05) is 13.0 Å². The van der Waals surface area contributed by atoms with Crippen molar-refractivity contribution in [2.75, 3.05) is 5.32 Å². The molecule has 0 saturated carbocycles. The quantitative estimate of drug-likeness (QED) is 0.714. The van der Waals surface area contributed by atoms with Crippen molar-refractivity contribution in [2.45, 2.75) is 19.3 Å². The predicted molar refractivity (Wildman–Crippen MR) is 94.8 cm³/mol. The average Bonchev–Trinajstić information content (AvgIpc) is 3.00. The van der Waals surface area contributed by atoms with Gasteiger partial charge in [0.05, 0.1) is 11.9 Å². The standard InChI is InChI=1S/C19H14ClF2N3O/c1-10-15(20)3-2-4-17(10)25-19-14(9-23-25)13(8-18(26)24-19)12-6-5-11(21)7-16(12)22/h2-7,9,13H,8H2,1H3,(H,24,26)/t13-/m0/s1. The lowest BCUT2D eigenvalue weighted by atomic mass is 9.87. The number of hydrogen-bond acceptors (Lipinski definition) is 2. The Labute approximate surface area is 153 Å². The van der Waals surface area contributed by atoms with Gasteiger partial charge in [-0.15, -0.1) is 0 Å². The molecule has 3 aromatic rings. The molecule has 7 heteroatoms. The molecule has 0 bridgehead atoms. The fourth-order valence-corrected chi connectivity index (χ4v) is 3.46. The summed E-state index contributed by atoms with van der Waals surface area (Å²) >= 11 is 6.19. The van der Waals surface area contributed by atoms with Crippen LogP contribution in [-0.2, 0) is 4.79 Å². The van der Waals surface area contributed by atoms with E-state index >= 15 is 0 Å². The molecular formula is C19H14ClF2N3O. The monoisotopic (exact) mass is 373 g/mol. The van der Waals surface area contributed by atoms with Crippen molar-refractivity contribution in [3.05, 3.63) is 75.9 Å². The second kappa shape index (κ2) is 6.21. The molecule has 1 amide bonds. The fourth-order valence-electron chi connectivity index (χ4n) is 3.29. The lowest BCUT2D eigenvalue weighted by Crippen LogP contribution is -2.25. The molecule has 0 unspecified atom stereocenters. The maximum absolute atomic E-state index is 14.3. The van der Waals surface area contributed by atoms with Gasteiger partial charge in [0.1, 0.15) is 17.5 Å². The predicted octanol–water partition coefficient (Wildman–Crippen LogP) is 4.59. The van der Waals surface area contributed by atoms with Gasteiger partial charge in [-0.2, -0.15) is 5.10 Å². The molecule has 1 N–H and O–H groups in total. The Bertz CT molecular complexity index is 1030. The van der Waals surface area contributed by atoms with Gasteiger partial charge in [-0.25, -0.2) is 13.5 Å². The summed E-state index contributed by atoms with van der Waals surface area (Å²) in [5.41, 5.74) is 2.48. The van der Waals surface area contributed by atoms with Crippen LogP contribution < -0.4 is 5.32 Å². The van der Waals surface area contributed by atoms with Gasteiger partial charge in [0.25, 0.3) is 0 Å². The highest BCUT2D eigenvalue weighted by Crippen LogP contribution is 2.39. The molecular weight excluding hydrogens is 360 g/mol. The topological polar surface area (TPSA) is 46.9 Å². The van der Waals surface area contributed by atoms with Gasteiger partial charge >= 0.3 is 0 Å². The first-order valence-corrected chi connectivity index (χ1v) is 8.41. The molecule has 26 heavy (non-hydrogen) atoms. The van der Waals surface area contributed by atoms with Crippen LogP contribution in [0.3, 0.4) is 0 Å². The average molecular weight is 374 g/mol. The van der Waals surface area contributed by atoms with Crippen LogP contribution in [0.5, 0.6) is 0 Å². The third kappa shape index (κ3) is 2.66. The van der Waals surface area contributed by atoms with Gasteiger partial charge in [0, 0.05) is 29.0 Å². The third-order valence-electron chi connectivity index (χ3n) is 4.63. The molecule has 2 heterocycles. The molecule has 0 radical (unpaired) electrons. The van der Waals surface area contributed by atoms with E-state index in [2.05, 4.69) is 10.4 Å². The summed E-state index contributed by atoms with van der Waals surface area (Å²) in [4.78, 5) is 12.2. The van der Waals surface area contributed by atoms with Crippen LogP contribution in [0, 0.1) is 18.6 Å². The number of carbonyl (C=O) groups excluding carboxylic acids is 1. The minimum Gasteiger partial charge on any atom is -0.310 e. The number of aromatic nitrogens is 2. The van der Waals surface area contributed by atoms with E-state index in [1.165, 1.54) is 12.1 Å². The molecule has 4 nitrogen and oxygen atoms in total. The number of carbonyl (C=O) groups is 1. The summed E-state index contributed by atoms with van der Waals surface area (Å²) < 4.78 is 29.1. The van der Waals surface area contributed by atoms with Crippen molar-refractivity contribution in [3.63, 3.8) is 0 Å². The Morgan fingerprint density at radius 1 is 1.23 bits per heavy atom. The first-order valence-electron chi connectivity index (χ1n) is 8.04. The van der Waals surface area contributed by atoms with Gasteiger partial charge in [-0.05, 0) is 36.2 Å². The van der Waals surface area contributed by atoms with Crippen LogP contribution in [0.4, 0.5) is 14.6 Å². The van der Waals surface area contributed by atoms with Crippen molar-refractivity contribution >= 4 is 23.3 Å². The van der Waals surface area contributed by atoms with E-state index in [-0.39, 0.29) is 17.9 Å². The van der Waals surface area contributed by atoms with Crippen LogP contribution in [0.1, 0.15) is 29.0 Å². The van der Waals surface area contributed by atoms with Crippen molar-refractivity contribution in [1.82, 2.24) is 9.78 Å². The molecule has 132 valence electrons. The first-order chi connectivity index (χ1) is 12.5. The van der Waals surface area contributed by atoms with Gasteiger partial charge in [-0.3, -0.25) is 4.79 Å². The second-order valence-electron chi connectivity index (χ2n) is 6.22. The summed E-state index contributed by atoms with van der Waals surface area (Å²) in [6.45, 7) is 1.85. The van der Waals surface area contributed by atoms with Gasteiger partial charge < -0.3 is 5.32 Å². The number of amides is 1. The van der Waals surface area contributed by atoms with Gasteiger partial charge in [0.15, 0.2) is 0 Å². The highest BCUT2D eigenvalue weighted by Gasteiger charge is 2.32. The molecule has 1 aliphatic rings. The van der Waals surface area contributed by atoms with Crippen molar-refractivity contribution in [3.8, 4) is 5.69 Å². The smallest absolute Gasteiger partial charge is 0.226 e. The number of anilines is 1. The van der Waals surface area contributed by atoms with Crippen molar-refractivity contribution in [1.29, 1.82) is 0 Å². The zero-order chi connectivity index (χ0) is 18.4. The summed E-state index contributed by atoms with van der Waals surface area (Å²) in [6, 6.07) is 8.79. The molecule has 0 saturated heterocycles. The Kier molecular flexibility index (Phi) is 4.00. The third-order valence-corrected chi connectivity index (χ3v) is 5.03. The Balaban J connectivity index is 1.87. The van der Waals surface area contributed by atoms with Gasteiger partial charge in [0.2, 0.25) is 5.91 Å². The Morgan fingerprint density at radius 3 is 2.81 bits per heavy atom. The van der Waals surface area contributed by atoms with Gasteiger partial charge in [-0.1, -0.05) is 23.7 Å². The van der Waals surface area contributed by atoms with Crippen LogP contribution in [0.2, 0.25) is 5.02 Å². The molecule has 4 rings (SSSR count). The zero-order valence-electron chi connectivity index (χ0n) is 13.8. The lowest BCUT2D eigenvalue weighted by molar-refractivity contribution is -0.116. The van der Waals surface area contributed by atoms with Crippen LogP contribution in [-0.4, -0.2) is 15.7 Å². The Morgan fingerprint density at radius 2 is 2.04 bits per heavy atom. The SMILES string of the molecule is Cc1c(Cl)cccc1-n1ncc2c1NC(=O)C[C@H]2c1ccc(F)cc1F. The summed E-state index contributed by atoms with van der Waals surface area (Å²) in [7, 11) is 0. The minimum atomic E-state index is -0.678. The van der Waals surface area contributed by atoms with E-state index in [4.69, 9.17) is 11.6 Å². The number of nitrogens with one attached hydrogen (secondary N) is 1. The maximum atomic E-state index is 14.3. The van der Waals surface area contributed by atoms with Crippen molar-refractivity contribution in [2.24, 2.45) is 0 Å². The van der Waals surface area contributed by atoms with E-state index in [1.54, 1.807) is 23.0 Å². The molecule has 1 aromatic heterocycles. The molecule has 0 fully saturated rings. The minimum absolute atomic E-state index is 0.0653. The number of benzene rings is 2. The van der Waals surface area contributed by atoms with E-state index in [0.717, 1.165) is 17.3 Å². The van der Waals surface area contributed by atoms with E-state index in [9.17, 15) is 13.6 Å². The molecule has 2 aromatic carbocycles.